The van der Waals surface area contributed by atoms with E-state index >= 15 is 0 Å². The SMILES string of the molecule is CCc1nc(N)oc1C1CCCCC1. The third-order valence-electron chi connectivity index (χ3n) is 3.05. The van der Waals surface area contributed by atoms with Crippen LogP contribution >= 0.6 is 0 Å². The number of nitrogens with zero attached hydrogens (tertiary/aromatic N) is 1. The van der Waals surface area contributed by atoms with Gasteiger partial charge in [0.2, 0.25) is 0 Å². The molecule has 0 radical (unpaired) electrons. The Kier molecular flexibility index (Phi) is 2.75. The normalized spacial score (nSPS) is 18.6. The molecule has 1 fully saturated rings. The number of hydrogen-bond acceptors (Lipinski definition) is 3. The molecule has 3 nitrogen and oxygen atoms in total. The molecule has 1 aliphatic rings. The predicted molar refractivity (Wildman–Crippen MR) is 56.1 cm³/mol. The lowest BCUT2D eigenvalue weighted by Crippen LogP contribution is -2.05. The molecule has 0 unspecified atom stereocenters. The molecule has 14 heavy (non-hydrogen) atoms. The van der Waals surface area contributed by atoms with Crippen molar-refractivity contribution in [3.8, 4) is 0 Å². The maximum Gasteiger partial charge on any atom is 0.292 e. The molecular formula is C11H18N2O. The molecule has 0 aromatic carbocycles. The topological polar surface area (TPSA) is 52.0 Å². The largest absolute Gasteiger partial charge is 0.428 e. The zero-order valence-corrected chi connectivity index (χ0v) is 8.75. The standard InChI is InChI=1S/C11H18N2O/c1-2-9-10(14-11(12)13-9)8-6-4-3-5-7-8/h8H,2-7H2,1H3,(H2,12,13). The maximum atomic E-state index is 5.58. The quantitative estimate of drug-likeness (QED) is 0.787. The first-order valence-corrected chi connectivity index (χ1v) is 5.56. The van der Waals surface area contributed by atoms with E-state index in [0.717, 1.165) is 17.9 Å². The average Bonchev–Trinajstić information content (AvgIpc) is 2.61. The molecule has 0 bridgehead atoms. The number of aryl methyl sites for hydroxylation is 1. The molecule has 1 aliphatic carbocycles. The van der Waals surface area contributed by atoms with Crippen molar-refractivity contribution in [2.45, 2.75) is 51.4 Å². The summed E-state index contributed by atoms with van der Waals surface area (Å²) in [5.74, 6) is 1.63. The molecule has 0 spiro atoms. The van der Waals surface area contributed by atoms with Gasteiger partial charge < -0.3 is 10.2 Å². The summed E-state index contributed by atoms with van der Waals surface area (Å²) in [4.78, 5) is 4.22. The van der Waals surface area contributed by atoms with Crippen LogP contribution < -0.4 is 5.73 Å². The van der Waals surface area contributed by atoms with E-state index in [1.54, 1.807) is 0 Å². The van der Waals surface area contributed by atoms with Crippen molar-refractivity contribution < 1.29 is 4.42 Å². The fourth-order valence-corrected chi connectivity index (χ4v) is 2.32. The first kappa shape index (κ1) is 9.56. The molecular weight excluding hydrogens is 176 g/mol. The van der Waals surface area contributed by atoms with Gasteiger partial charge in [-0.3, -0.25) is 0 Å². The van der Waals surface area contributed by atoms with Gasteiger partial charge in [-0.1, -0.05) is 26.2 Å². The van der Waals surface area contributed by atoms with Crippen LogP contribution in [0.15, 0.2) is 4.42 Å². The summed E-state index contributed by atoms with van der Waals surface area (Å²) in [6, 6.07) is 0.336. The van der Waals surface area contributed by atoms with E-state index in [1.165, 1.54) is 32.1 Å². The Balaban J connectivity index is 2.20. The molecule has 0 saturated heterocycles. The van der Waals surface area contributed by atoms with E-state index in [4.69, 9.17) is 10.2 Å². The van der Waals surface area contributed by atoms with E-state index in [1.807, 2.05) is 0 Å². The molecule has 2 rings (SSSR count). The zero-order chi connectivity index (χ0) is 9.97. The Hall–Kier alpha value is -0.990. The number of oxazole rings is 1. The first-order chi connectivity index (χ1) is 6.81. The van der Waals surface area contributed by atoms with Crippen molar-refractivity contribution in [2.24, 2.45) is 0 Å². The van der Waals surface area contributed by atoms with Crippen LogP contribution in [0.1, 0.15) is 56.4 Å². The number of aromatic nitrogens is 1. The van der Waals surface area contributed by atoms with Crippen molar-refractivity contribution in [2.75, 3.05) is 5.73 Å². The Labute approximate surface area is 84.7 Å². The molecule has 1 aromatic heterocycles. The summed E-state index contributed by atoms with van der Waals surface area (Å²) in [5.41, 5.74) is 6.65. The highest BCUT2D eigenvalue weighted by molar-refractivity contribution is 5.23. The molecule has 0 amide bonds. The van der Waals surface area contributed by atoms with Gasteiger partial charge in [-0.25, -0.2) is 0 Å². The minimum absolute atomic E-state index is 0.336. The van der Waals surface area contributed by atoms with Crippen LogP contribution in [0.4, 0.5) is 6.01 Å². The maximum absolute atomic E-state index is 5.58. The van der Waals surface area contributed by atoms with Crippen molar-refractivity contribution >= 4 is 6.01 Å². The van der Waals surface area contributed by atoms with Gasteiger partial charge in [0.05, 0.1) is 5.69 Å². The summed E-state index contributed by atoms with van der Waals surface area (Å²) in [6.45, 7) is 2.10. The average molecular weight is 194 g/mol. The van der Waals surface area contributed by atoms with Crippen molar-refractivity contribution in [3.63, 3.8) is 0 Å². The lowest BCUT2D eigenvalue weighted by atomic mass is 9.86. The molecule has 2 N–H and O–H groups in total. The third kappa shape index (κ3) is 1.76. The smallest absolute Gasteiger partial charge is 0.292 e. The van der Waals surface area contributed by atoms with Gasteiger partial charge in [0.15, 0.2) is 0 Å². The molecule has 0 atom stereocenters. The van der Waals surface area contributed by atoms with Crippen LogP contribution in [0, 0.1) is 0 Å². The van der Waals surface area contributed by atoms with Crippen molar-refractivity contribution in [3.05, 3.63) is 11.5 Å². The molecule has 78 valence electrons. The summed E-state index contributed by atoms with van der Waals surface area (Å²) >= 11 is 0. The van der Waals surface area contributed by atoms with Gasteiger partial charge in [0.1, 0.15) is 5.76 Å². The van der Waals surface area contributed by atoms with E-state index < -0.39 is 0 Å². The Morgan fingerprint density at radius 2 is 2.07 bits per heavy atom. The van der Waals surface area contributed by atoms with E-state index in [-0.39, 0.29) is 0 Å². The van der Waals surface area contributed by atoms with Crippen LogP contribution in [0.3, 0.4) is 0 Å². The number of rotatable bonds is 2. The van der Waals surface area contributed by atoms with Crippen LogP contribution in [-0.4, -0.2) is 4.98 Å². The zero-order valence-electron chi connectivity index (χ0n) is 8.75. The molecule has 1 aromatic rings. The summed E-state index contributed by atoms with van der Waals surface area (Å²) < 4.78 is 5.51. The highest BCUT2D eigenvalue weighted by atomic mass is 16.4. The fraction of sp³-hybridized carbons (Fsp3) is 0.727. The number of nitrogens with two attached hydrogens (primary N) is 1. The van der Waals surface area contributed by atoms with Gasteiger partial charge >= 0.3 is 0 Å². The van der Waals surface area contributed by atoms with Gasteiger partial charge in [-0.2, -0.15) is 4.98 Å². The van der Waals surface area contributed by atoms with Crippen LogP contribution in [0.5, 0.6) is 0 Å². The van der Waals surface area contributed by atoms with Gasteiger partial charge in [-0.15, -0.1) is 0 Å². The number of hydrogen-bond donors (Lipinski definition) is 1. The monoisotopic (exact) mass is 194 g/mol. The second-order valence-electron chi connectivity index (χ2n) is 4.05. The second kappa shape index (κ2) is 4.03. The van der Waals surface area contributed by atoms with Gasteiger partial charge in [-0.05, 0) is 19.3 Å². The predicted octanol–water partition coefficient (Wildman–Crippen LogP) is 2.87. The molecule has 1 heterocycles. The Morgan fingerprint density at radius 1 is 1.36 bits per heavy atom. The van der Waals surface area contributed by atoms with E-state index in [0.29, 0.717) is 11.9 Å². The molecule has 1 saturated carbocycles. The third-order valence-corrected chi connectivity index (χ3v) is 3.05. The summed E-state index contributed by atoms with van der Waals surface area (Å²) in [7, 11) is 0. The van der Waals surface area contributed by atoms with E-state index in [2.05, 4.69) is 11.9 Å². The lowest BCUT2D eigenvalue weighted by Gasteiger charge is -2.19. The minimum Gasteiger partial charge on any atom is -0.428 e. The fourth-order valence-electron chi connectivity index (χ4n) is 2.32. The highest BCUT2D eigenvalue weighted by Crippen LogP contribution is 2.35. The minimum atomic E-state index is 0.336. The number of anilines is 1. The number of nitrogen functional groups attached to an aromatic ring is 1. The molecule has 0 aliphatic heterocycles. The summed E-state index contributed by atoms with van der Waals surface area (Å²) in [6.07, 6.45) is 7.39. The summed E-state index contributed by atoms with van der Waals surface area (Å²) in [5, 5.41) is 0. The van der Waals surface area contributed by atoms with E-state index in [9.17, 15) is 0 Å². The Morgan fingerprint density at radius 3 is 2.71 bits per heavy atom. The lowest BCUT2D eigenvalue weighted by molar-refractivity contribution is 0.377. The first-order valence-electron chi connectivity index (χ1n) is 5.56. The van der Waals surface area contributed by atoms with Crippen LogP contribution in [-0.2, 0) is 6.42 Å². The van der Waals surface area contributed by atoms with Crippen molar-refractivity contribution in [1.82, 2.24) is 4.98 Å². The van der Waals surface area contributed by atoms with Gasteiger partial charge in [0.25, 0.3) is 6.01 Å². The van der Waals surface area contributed by atoms with Crippen LogP contribution in [0.25, 0.3) is 0 Å². The molecule has 3 heteroatoms. The Bertz CT molecular complexity index is 300. The van der Waals surface area contributed by atoms with Crippen LogP contribution in [0.2, 0.25) is 0 Å². The highest BCUT2D eigenvalue weighted by Gasteiger charge is 2.22. The van der Waals surface area contributed by atoms with Gasteiger partial charge in [0, 0.05) is 5.92 Å². The van der Waals surface area contributed by atoms with Crippen molar-refractivity contribution in [1.29, 1.82) is 0 Å². The second-order valence-corrected chi connectivity index (χ2v) is 4.05.